The molecule has 1 saturated carbocycles. The summed E-state index contributed by atoms with van der Waals surface area (Å²) in [5.74, 6) is 8.76. The maximum atomic E-state index is 11.4. The van der Waals surface area contributed by atoms with Crippen LogP contribution in [0.2, 0.25) is 0 Å². The second-order valence-electron chi connectivity index (χ2n) is 8.37. The van der Waals surface area contributed by atoms with Gasteiger partial charge in [0.1, 0.15) is 11.5 Å². The van der Waals surface area contributed by atoms with Gasteiger partial charge in [0.25, 0.3) is 0 Å². The van der Waals surface area contributed by atoms with Gasteiger partial charge < -0.3 is 13.9 Å². The summed E-state index contributed by atoms with van der Waals surface area (Å²) in [6, 6.07) is 5.86. The van der Waals surface area contributed by atoms with E-state index in [1.165, 1.54) is 24.8 Å². The van der Waals surface area contributed by atoms with Gasteiger partial charge in [-0.2, -0.15) is 0 Å². The molecule has 2 N–H and O–H groups in total. The monoisotopic (exact) mass is 431 g/mol. The predicted molar refractivity (Wildman–Crippen MR) is 117 cm³/mol. The van der Waals surface area contributed by atoms with Gasteiger partial charge in [0.2, 0.25) is 11.8 Å². The van der Waals surface area contributed by atoms with Crippen molar-refractivity contribution >= 4 is 20.5 Å². The first kappa shape index (κ1) is 21.3. The number of amides is 1. The fraction of sp³-hybridized carbons (Fsp3) is 0.545. The highest BCUT2D eigenvalue weighted by Gasteiger charge is 2.26. The molecule has 1 heterocycles. The van der Waals surface area contributed by atoms with E-state index < -0.39 is 0 Å². The molecule has 3 atom stereocenters. The molecule has 30 heavy (non-hydrogen) atoms. The highest BCUT2D eigenvalue weighted by atomic mass is 31.0. The van der Waals surface area contributed by atoms with Crippen LogP contribution in [0, 0.1) is 5.92 Å². The lowest BCUT2D eigenvalue weighted by molar-refractivity contribution is -0.133. The normalized spacial score (nSPS) is 19.3. The zero-order valence-electron chi connectivity index (χ0n) is 17.6. The van der Waals surface area contributed by atoms with Crippen molar-refractivity contribution in [3.05, 3.63) is 29.7 Å². The number of oxazole rings is 1. The minimum absolute atomic E-state index is 0.0498. The Bertz CT molecular complexity index is 912. The lowest BCUT2D eigenvalue weighted by Crippen LogP contribution is -2.45. The molecular weight excluding hydrogens is 401 g/mol. The molecule has 2 aliphatic carbocycles. The van der Waals surface area contributed by atoms with Gasteiger partial charge in [-0.3, -0.25) is 9.80 Å². The number of benzene rings is 1. The Kier molecular flexibility index (Phi) is 6.42. The number of aromatic nitrogens is 1. The van der Waals surface area contributed by atoms with E-state index in [-0.39, 0.29) is 18.1 Å². The number of hydrazine groups is 1. The van der Waals surface area contributed by atoms with E-state index in [9.17, 15) is 4.79 Å². The van der Waals surface area contributed by atoms with E-state index in [0.29, 0.717) is 18.9 Å². The van der Waals surface area contributed by atoms with Crippen molar-refractivity contribution in [1.82, 2.24) is 9.99 Å². The van der Waals surface area contributed by atoms with E-state index in [1.807, 2.05) is 25.1 Å². The molecular formula is C22H30N3O4P. The molecule has 1 fully saturated rings. The number of carbonyl (C=O) groups is 1. The first-order valence-corrected chi connectivity index (χ1v) is 11.2. The third kappa shape index (κ3) is 5.02. The molecule has 0 spiro atoms. The van der Waals surface area contributed by atoms with Crippen LogP contribution in [0.4, 0.5) is 0 Å². The van der Waals surface area contributed by atoms with Gasteiger partial charge in [-0.1, -0.05) is 0 Å². The van der Waals surface area contributed by atoms with Crippen LogP contribution in [0.25, 0.3) is 11.5 Å². The number of aryl methyl sites for hydroxylation is 1. The van der Waals surface area contributed by atoms with Crippen molar-refractivity contribution in [3.63, 3.8) is 0 Å². The van der Waals surface area contributed by atoms with Crippen LogP contribution in [0.1, 0.15) is 44.6 Å². The van der Waals surface area contributed by atoms with E-state index in [0.717, 1.165) is 53.4 Å². The van der Waals surface area contributed by atoms with Crippen LogP contribution in [-0.4, -0.2) is 41.3 Å². The number of hydrogen-bond acceptors (Lipinski definition) is 6. The van der Waals surface area contributed by atoms with Gasteiger partial charge >= 0.3 is 0 Å². The van der Waals surface area contributed by atoms with Crippen LogP contribution in [-0.2, 0) is 22.4 Å². The van der Waals surface area contributed by atoms with Crippen molar-refractivity contribution in [3.8, 4) is 17.2 Å². The van der Waals surface area contributed by atoms with Gasteiger partial charge in [-0.15, -0.1) is 9.24 Å². The topological polar surface area (TPSA) is 90.8 Å². The van der Waals surface area contributed by atoms with Crippen molar-refractivity contribution in [2.75, 3.05) is 13.2 Å². The number of carbonyl (C=O) groups excluding carboxylic acids is 1. The summed E-state index contributed by atoms with van der Waals surface area (Å²) in [5, 5.41) is 2.22. The summed E-state index contributed by atoms with van der Waals surface area (Å²) in [5.41, 5.74) is 1.89. The lowest BCUT2D eigenvalue weighted by Gasteiger charge is -2.26. The Morgan fingerprint density at radius 3 is 2.90 bits per heavy atom. The Hall–Kier alpha value is -1.95. The Balaban J connectivity index is 1.37. The first-order valence-electron chi connectivity index (χ1n) is 10.6. The van der Waals surface area contributed by atoms with Gasteiger partial charge in [-0.25, -0.2) is 10.8 Å². The lowest BCUT2D eigenvalue weighted by atomic mass is 9.99. The fourth-order valence-electron chi connectivity index (χ4n) is 3.58. The molecule has 4 rings (SSSR count). The summed E-state index contributed by atoms with van der Waals surface area (Å²) in [6.45, 7) is 4.52. The second kappa shape index (κ2) is 9.04. The molecule has 0 saturated heterocycles. The van der Waals surface area contributed by atoms with Crippen LogP contribution < -0.4 is 15.9 Å². The van der Waals surface area contributed by atoms with Gasteiger partial charge in [0, 0.05) is 30.6 Å². The maximum Gasteiger partial charge on any atom is 0.233 e. The number of fused-ring (bicyclic) bond motifs is 1. The number of nitrogens with two attached hydrogens (primary N) is 1. The first-order chi connectivity index (χ1) is 14.4. The zero-order valence-corrected chi connectivity index (χ0v) is 18.8. The molecule has 1 aromatic heterocycles. The second-order valence-corrected chi connectivity index (χ2v) is 8.99. The Morgan fingerprint density at radius 1 is 1.40 bits per heavy atom. The van der Waals surface area contributed by atoms with Gasteiger partial charge in [0.15, 0.2) is 0 Å². The number of nitrogens with zero attached hydrogens (tertiary/aromatic N) is 2. The molecule has 0 aliphatic heterocycles. The van der Waals surface area contributed by atoms with Crippen LogP contribution >= 0.6 is 9.24 Å². The SMILES string of the molecule is CC(=O)N(N)C(C)COC1CCc2oc(-c3ccc(OCC4CC4)c(P)c3)nc2C1. The van der Waals surface area contributed by atoms with E-state index in [4.69, 9.17) is 24.7 Å². The van der Waals surface area contributed by atoms with Crippen molar-refractivity contribution in [1.29, 1.82) is 0 Å². The quantitative estimate of drug-likeness (QED) is 0.299. The number of hydrogen-bond donors (Lipinski definition) is 1. The molecule has 7 nitrogen and oxygen atoms in total. The summed E-state index contributed by atoms with van der Waals surface area (Å²) < 4.78 is 18.0. The van der Waals surface area contributed by atoms with E-state index >= 15 is 0 Å². The molecule has 8 heteroatoms. The predicted octanol–water partition coefficient (Wildman–Crippen LogP) is 2.62. The summed E-state index contributed by atoms with van der Waals surface area (Å²) in [7, 11) is 2.74. The van der Waals surface area contributed by atoms with Crippen LogP contribution in [0.5, 0.6) is 5.75 Å². The van der Waals surface area contributed by atoms with Gasteiger partial charge in [0.05, 0.1) is 31.1 Å². The van der Waals surface area contributed by atoms with Crippen molar-refractivity contribution in [2.24, 2.45) is 11.8 Å². The van der Waals surface area contributed by atoms with Crippen molar-refractivity contribution in [2.45, 2.75) is 58.1 Å². The molecule has 0 bridgehead atoms. The maximum absolute atomic E-state index is 11.4. The molecule has 0 radical (unpaired) electrons. The molecule has 1 aromatic carbocycles. The summed E-state index contributed by atoms with van der Waals surface area (Å²) in [4.78, 5) is 16.1. The molecule has 2 aromatic rings. The highest BCUT2D eigenvalue weighted by molar-refractivity contribution is 7.27. The fourth-order valence-corrected chi connectivity index (χ4v) is 3.94. The molecule has 1 amide bonds. The standard InChI is InChI=1S/C22H30N3O4P/c1-13(25(23)14(2)26)11-27-17-6-8-19-18(10-17)24-22(29-19)16-5-7-20(21(30)9-16)28-12-15-3-4-15/h5,7,9,13,15,17H,3-4,6,8,10-12,23,30H2,1-2H3. The highest BCUT2D eigenvalue weighted by Crippen LogP contribution is 2.31. The molecule has 2 aliphatic rings. The Morgan fingerprint density at radius 2 is 2.20 bits per heavy atom. The average Bonchev–Trinajstić information content (AvgIpc) is 3.46. The van der Waals surface area contributed by atoms with Crippen LogP contribution in [0.15, 0.2) is 22.6 Å². The number of rotatable bonds is 8. The molecule has 3 unspecified atom stereocenters. The van der Waals surface area contributed by atoms with E-state index in [1.54, 1.807) is 0 Å². The molecule has 162 valence electrons. The minimum atomic E-state index is -0.171. The third-order valence-electron chi connectivity index (χ3n) is 5.73. The van der Waals surface area contributed by atoms with Crippen molar-refractivity contribution < 1.29 is 18.7 Å². The van der Waals surface area contributed by atoms with Gasteiger partial charge in [-0.05, 0) is 50.3 Å². The summed E-state index contributed by atoms with van der Waals surface area (Å²) >= 11 is 0. The zero-order chi connectivity index (χ0) is 21.3. The Labute approximate surface area is 179 Å². The van der Waals surface area contributed by atoms with E-state index in [2.05, 4.69) is 9.24 Å². The average molecular weight is 431 g/mol. The summed E-state index contributed by atoms with van der Waals surface area (Å²) in [6.07, 6.45) is 4.95. The minimum Gasteiger partial charge on any atom is -0.493 e. The third-order valence-corrected chi connectivity index (χ3v) is 6.18. The van der Waals surface area contributed by atoms with Crippen LogP contribution in [0.3, 0.4) is 0 Å². The largest absolute Gasteiger partial charge is 0.493 e. The number of ether oxygens (including phenoxy) is 2. The smallest absolute Gasteiger partial charge is 0.233 e.